The second kappa shape index (κ2) is 12.8. The molecule has 0 radical (unpaired) electrons. The fourth-order valence-corrected chi connectivity index (χ4v) is 2.92. The van der Waals surface area contributed by atoms with Crippen LogP contribution in [0.5, 0.6) is 11.5 Å². The Hall–Kier alpha value is -1.46. The van der Waals surface area contributed by atoms with Crippen LogP contribution in [0.2, 0.25) is 0 Å². The van der Waals surface area contributed by atoms with Crippen molar-refractivity contribution in [2.24, 2.45) is 0 Å². The SMILES string of the molecule is CCNC(c1ccc(OC)cc1)C(NCC)c1ccc(OC)cc1.Cl.Cl. The first kappa shape index (κ1) is 24.5. The van der Waals surface area contributed by atoms with Gasteiger partial charge in [-0.15, -0.1) is 24.8 Å². The lowest BCUT2D eigenvalue weighted by Crippen LogP contribution is -2.35. The average Bonchev–Trinajstić information content (AvgIpc) is 2.65. The molecule has 0 aliphatic rings. The molecule has 2 unspecified atom stereocenters. The van der Waals surface area contributed by atoms with Crippen molar-refractivity contribution < 1.29 is 9.47 Å². The second-order valence-electron chi connectivity index (χ2n) is 5.62. The highest BCUT2D eigenvalue weighted by Gasteiger charge is 2.23. The van der Waals surface area contributed by atoms with E-state index >= 15 is 0 Å². The molecule has 2 aromatic carbocycles. The fraction of sp³-hybridized carbons (Fsp3) is 0.400. The van der Waals surface area contributed by atoms with Crippen LogP contribution < -0.4 is 20.1 Å². The number of halogens is 2. The van der Waals surface area contributed by atoms with Gasteiger partial charge in [0, 0.05) is 0 Å². The second-order valence-corrected chi connectivity index (χ2v) is 5.62. The zero-order valence-corrected chi connectivity index (χ0v) is 17.5. The molecule has 0 heterocycles. The summed E-state index contributed by atoms with van der Waals surface area (Å²) < 4.78 is 10.6. The molecule has 2 rings (SSSR count). The first-order valence-electron chi connectivity index (χ1n) is 8.48. The molecule has 146 valence electrons. The first-order valence-corrected chi connectivity index (χ1v) is 8.48. The third kappa shape index (κ3) is 6.36. The highest BCUT2D eigenvalue weighted by molar-refractivity contribution is 5.85. The van der Waals surface area contributed by atoms with Gasteiger partial charge in [0.15, 0.2) is 0 Å². The van der Waals surface area contributed by atoms with E-state index in [2.05, 4.69) is 48.7 Å². The van der Waals surface area contributed by atoms with Crippen molar-refractivity contribution in [2.45, 2.75) is 25.9 Å². The zero-order valence-electron chi connectivity index (χ0n) is 15.8. The summed E-state index contributed by atoms with van der Waals surface area (Å²) >= 11 is 0. The molecular weight excluding hydrogens is 371 g/mol. The van der Waals surface area contributed by atoms with Gasteiger partial charge in [0.25, 0.3) is 0 Å². The molecule has 0 saturated carbocycles. The maximum Gasteiger partial charge on any atom is 0.118 e. The molecule has 6 heteroatoms. The zero-order chi connectivity index (χ0) is 17.4. The van der Waals surface area contributed by atoms with Crippen LogP contribution in [0.25, 0.3) is 0 Å². The number of benzene rings is 2. The molecule has 0 spiro atoms. The Labute approximate surface area is 169 Å². The molecule has 0 amide bonds. The summed E-state index contributed by atoms with van der Waals surface area (Å²) in [4.78, 5) is 0. The van der Waals surface area contributed by atoms with Gasteiger partial charge >= 0.3 is 0 Å². The van der Waals surface area contributed by atoms with Crippen molar-refractivity contribution >= 4 is 24.8 Å². The number of likely N-dealkylation sites (N-methyl/N-ethyl adjacent to an activating group) is 2. The maximum absolute atomic E-state index is 5.28. The van der Waals surface area contributed by atoms with Crippen molar-refractivity contribution in [1.29, 1.82) is 0 Å². The molecular formula is C20H30Cl2N2O2. The van der Waals surface area contributed by atoms with Gasteiger partial charge in [-0.1, -0.05) is 38.1 Å². The van der Waals surface area contributed by atoms with E-state index in [-0.39, 0.29) is 36.9 Å². The van der Waals surface area contributed by atoms with Crippen LogP contribution in [0, 0.1) is 0 Å². The molecule has 26 heavy (non-hydrogen) atoms. The number of hydrogen-bond acceptors (Lipinski definition) is 4. The van der Waals surface area contributed by atoms with Gasteiger partial charge in [0.05, 0.1) is 26.3 Å². The predicted molar refractivity (Wildman–Crippen MR) is 113 cm³/mol. The summed E-state index contributed by atoms with van der Waals surface area (Å²) in [6.45, 7) is 6.06. The van der Waals surface area contributed by atoms with Gasteiger partial charge in [-0.25, -0.2) is 0 Å². The minimum Gasteiger partial charge on any atom is -0.497 e. The summed E-state index contributed by atoms with van der Waals surface area (Å²) in [7, 11) is 3.38. The Kier molecular flexibility index (Phi) is 12.1. The lowest BCUT2D eigenvalue weighted by molar-refractivity contribution is 0.393. The third-order valence-corrected chi connectivity index (χ3v) is 4.13. The number of rotatable bonds is 9. The van der Waals surface area contributed by atoms with Gasteiger partial charge < -0.3 is 20.1 Å². The van der Waals surface area contributed by atoms with E-state index in [0.717, 1.165) is 24.6 Å². The largest absolute Gasteiger partial charge is 0.497 e. The van der Waals surface area contributed by atoms with E-state index in [9.17, 15) is 0 Å². The van der Waals surface area contributed by atoms with Crippen molar-refractivity contribution in [1.82, 2.24) is 10.6 Å². The molecule has 0 fully saturated rings. The predicted octanol–water partition coefficient (Wildman–Crippen LogP) is 4.55. The Bertz CT molecular complexity index is 551. The molecule has 2 aromatic rings. The number of ether oxygens (including phenoxy) is 2. The quantitative estimate of drug-likeness (QED) is 0.647. The summed E-state index contributed by atoms with van der Waals surface area (Å²) in [5.74, 6) is 1.75. The monoisotopic (exact) mass is 400 g/mol. The summed E-state index contributed by atoms with van der Waals surface area (Å²) in [6, 6.07) is 16.9. The van der Waals surface area contributed by atoms with Crippen LogP contribution >= 0.6 is 24.8 Å². The van der Waals surface area contributed by atoms with Crippen molar-refractivity contribution in [2.75, 3.05) is 27.3 Å². The maximum atomic E-state index is 5.28. The molecule has 0 aromatic heterocycles. The Morgan fingerprint density at radius 2 is 0.962 bits per heavy atom. The number of methoxy groups -OCH3 is 2. The standard InChI is InChI=1S/C20H28N2O2.2ClH/c1-5-21-19(15-7-11-17(23-3)12-8-15)20(22-6-2)16-9-13-18(24-4)14-10-16;;/h7-14,19-22H,5-6H2,1-4H3;2*1H. The van der Waals surface area contributed by atoms with E-state index in [4.69, 9.17) is 9.47 Å². The first-order chi connectivity index (χ1) is 11.7. The normalized spacial score (nSPS) is 12.3. The van der Waals surface area contributed by atoms with Crippen LogP contribution in [0.15, 0.2) is 48.5 Å². The van der Waals surface area contributed by atoms with Gasteiger partial charge in [-0.05, 0) is 48.5 Å². The van der Waals surface area contributed by atoms with Gasteiger partial charge in [0.1, 0.15) is 11.5 Å². The van der Waals surface area contributed by atoms with Crippen LogP contribution in [0.3, 0.4) is 0 Å². The minimum absolute atomic E-state index is 0. The lowest BCUT2D eigenvalue weighted by atomic mass is 9.93. The molecule has 4 nitrogen and oxygen atoms in total. The van der Waals surface area contributed by atoms with E-state index in [1.165, 1.54) is 11.1 Å². The molecule has 0 bridgehead atoms. The Morgan fingerprint density at radius 3 is 1.19 bits per heavy atom. The molecule has 0 saturated heterocycles. The van der Waals surface area contributed by atoms with E-state index in [1.807, 2.05) is 24.3 Å². The van der Waals surface area contributed by atoms with E-state index < -0.39 is 0 Å². The lowest BCUT2D eigenvalue weighted by Gasteiger charge is -2.29. The fourth-order valence-electron chi connectivity index (χ4n) is 2.92. The highest BCUT2D eigenvalue weighted by Crippen LogP contribution is 2.31. The van der Waals surface area contributed by atoms with Crippen LogP contribution in [0.1, 0.15) is 37.1 Å². The molecule has 2 N–H and O–H groups in total. The molecule has 2 atom stereocenters. The number of nitrogens with one attached hydrogen (secondary N) is 2. The molecule has 0 aliphatic carbocycles. The summed E-state index contributed by atoms with van der Waals surface area (Å²) in [6.07, 6.45) is 0. The third-order valence-electron chi connectivity index (χ3n) is 4.13. The Balaban J connectivity index is 0.00000312. The van der Waals surface area contributed by atoms with Crippen molar-refractivity contribution in [3.63, 3.8) is 0 Å². The van der Waals surface area contributed by atoms with Crippen LogP contribution in [0.4, 0.5) is 0 Å². The highest BCUT2D eigenvalue weighted by atomic mass is 35.5. The van der Waals surface area contributed by atoms with Crippen LogP contribution in [-0.4, -0.2) is 27.3 Å². The van der Waals surface area contributed by atoms with Crippen molar-refractivity contribution in [3.05, 3.63) is 59.7 Å². The average molecular weight is 401 g/mol. The topological polar surface area (TPSA) is 42.5 Å². The van der Waals surface area contributed by atoms with Crippen molar-refractivity contribution in [3.8, 4) is 11.5 Å². The summed E-state index contributed by atoms with van der Waals surface area (Å²) in [5, 5.41) is 7.23. The van der Waals surface area contributed by atoms with E-state index in [0.29, 0.717) is 0 Å². The van der Waals surface area contributed by atoms with Crippen LogP contribution in [-0.2, 0) is 0 Å². The number of hydrogen-bond donors (Lipinski definition) is 2. The van der Waals surface area contributed by atoms with Gasteiger partial charge in [-0.3, -0.25) is 0 Å². The molecule has 0 aliphatic heterocycles. The minimum atomic E-state index is 0. The summed E-state index contributed by atoms with van der Waals surface area (Å²) in [5.41, 5.74) is 2.47. The smallest absolute Gasteiger partial charge is 0.118 e. The van der Waals surface area contributed by atoms with Gasteiger partial charge in [-0.2, -0.15) is 0 Å². The Morgan fingerprint density at radius 1 is 0.654 bits per heavy atom. The van der Waals surface area contributed by atoms with E-state index in [1.54, 1.807) is 14.2 Å². The van der Waals surface area contributed by atoms with Gasteiger partial charge in [0.2, 0.25) is 0 Å².